The number of hydrogen-bond acceptors (Lipinski definition) is 4. The number of amides is 1. The maximum absolute atomic E-state index is 11.5. The molecule has 0 aliphatic carbocycles. The molecule has 0 heterocycles. The number of carbonyl (C=O) groups is 1. The zero-order valence-corrected chi connectivity index (χ0v) is 11.8. The first kappa shape index (κ1) is 15.3. The van der Waals surface area contributed by atoms with Gasteiger partial charge in [-0.05, 0) is 19.1 Å². The molecule has 0 aliphatic heterocycles. The van der Waals surface area contributed by atoms with Crippen LogP contribution in [0.25, 0.3) is 0 Å². The Morgan fingerprint density at radius 3 is 2.68 bits per heavy atom. The quantitative estimate of drug-likeness (QED) is 0.726. The fourth-order valence-corrected chi connectivity index (χ4v) is 1.42. The van der Waals surface area contributed by atoms with Crippen LogP contribution in [0.5, 0.6) is 5.75 Å². The van der Waals surface area contributed by atoms with Crippen molar-refractivity contribution in [2.45, 2.75) is 6.92 Å². The van der Waals surface area contributed by atoms with Gasteiger partial charge in [-0.15, -0.1) is 0 Å². The summed E-state index contributed by atoms with van der Waals surface area (Å²) in [6.45, 7) is 3.93. The van der Waals surface area contributed by atoms with Crippen LogP contribution in [0.2, 0.25) is 0 Å². The molecule has 0 spiro atoms. The van der Waals surface area contributed by atoms with Gasteiger partial charge in [0.05, 0.1) is 18.8 Å². The highest BCUT2D eigenvalue weighted by molar-refractivity contribution is 5.80. The SMILES string of the molecule is CCOCCOc1ccccc1NCC(=O)N(C)C. The van der Waals surface area contributed by atoms with Gasteiger partial charge in [-0.1, -0.05) is 12.1 Å². The summed E-state index contributed by atoms with van der Waals surface area (Å²) in [5, 5.41) is 3.08. The highest BCUT2D eigenvalue weighted by Gasteiger charge is 2.06. The predicted molar refractivity (Wildman–Crippen MR) is 75.6 cm³/mol. The molecule has 0 unspecified atom stereocenters. The smallest absolute Gasteiger partial charge is 0.241 e. The van der Waals surface area contributed by atoms with E-state index in [-0.39, 0.29) is 12.5 Å². The topological polar surface area (TPSA) is 50.8 Å². The fraction of sp³-hybridized carbons (Fsp3) is 0.500. The Bertz CT molecular complexity index is 394. The highest BCUT2D eigenvalue weighted by atomic mass is 16.5. The lowest BCUT2D eigenvalue weighted by atomic mass is 10.3. The van der Waals surface area contributed by atoms with Crippen molar-refractivity contribution in [2.24, 2.45) is 0 Å². The van der Waals surface area contributed by atoms with Crippen molar-refractivity contribution in [3.8, 4) is 5.75 Å². The second-order valence-corrected chi connectivity index (χ2v) is 4.18. The Morgan fingerprint density at radius 2 is 2.00 bits per heavy atom. The molecule has 5 nitrogen and oxygen atoms in total. The third kappa shape index (κ3) is 5.61. The second-order valence-electron chi connectivity index (χ2n) is 4.18. The minimum absolute atomic E-state index is 0.0177. The van der Waals surface area contributed by atoms with Gasteiger partial charge in [0, 0.05) is 20.7 Å². The first-order valence-corrected chi connectivity index (χ1v) is 6.38. The summed E-state index contributed by atoms with van der Waals surface area (Å²) in [5.41, 5.74) is 0.814. The molecule has 0 atom stereocenters. The van der Waals surface area contributed by atoms with Gasteiger partial charge in [0.1, 0.15) is 12.4 Å². The highest BCUT2D eigenvalue weighted by Crippen LogP contribution is 2.23. The van der Waals surface area contributed by atoms with Gasteiger partial charge >= 0.3 is 0 Å². The molecule has 1 aromatic rings. The molecule has 106 valence electrons. The number of para-hydroxylation sites is 2. The summed E-state index contributed by atoms with van der Waals surface area (Å²) in [4.78, 5) is 13.1. The molecular formula is C14H22N2O3. The van der Waals surface area contributed by atoms with E-state index in [1.807, 2.05) is 31.2 Å². The van der Waals surface area contributed by atoms with Gasteiger partial charge in [-0.25, -0.2) is 0 Å². The largest absolute Gasteiger partial charge is 0.489 e. The Balaban J connectivity index is 2.50. The van der Waals surface area contributed by atoms with E-state index in [9.17, 15) is 4.79 Å². The van der Waals surface area contributed by atoms with Crippen LogP contribution in [0, 0.1) is 0 Å². The van der Waals surface area contributed by atoms with Gasteiger partial charge in [0.2, 0.25) is 5.91 Å². The lowest BCUT2D eigenvalue weighted by molar-refractivity contribution is -0.126. The van der Waals surface area contributed by atoms with Crippen LogP contribution >= 0.6 is 0 Å². The molecule has 1 N–H and O–H groups in total. The molecule has 1 amide bonds. The molecule has 0 fully saturated rings. The molecule has 0 aliphatic rings. The van der Waals surface area contributed by atoms with Crippen molar-refractivity contribution in [3.05, 3.63) is 24.3 Å². The van der Waals surface area contributed by atoms with Crippen LogP contribution in [0.4, 0.5) is 5.69 Å². The van der Waals surface area contributed by atoms with Crippen LogP contribution in [0.15, 0.2) is 24.3 Å². The third-order valence-electron chi connectivity index (χ3n) is 2.51. The number of ether oxygens (including phenoxy) is 2. The van der Waals surface area contributed by atoms with Gasteiger partial charge in [0.25, 0.3) is 0 Å². The molecule has 1 rings (SSSR count). The van der Waals surface area contributed by atoms with Crippen LogP contribution < -0.4 is 10.1 Å². The van der Waals surface area contributed by atoms with Gasteiger partial charge in [0.15, 0.2) is 0 Å². The maximum Gasteiger partial charge on any atom is 0.241 e. The van der Waals surface area contributed by atoms with Gasteiger partial charge in [-0.3, -0.25) is 4.79 Å². The summed E-state index contributed by atoms with van der Waals surface area (Å²) in [6.07, 6.45) is 0. The van der Waals surface area contributed by atoms with E-state index < -0.39 is 0 Å². The maximum atomic E-state index is 11.5. The molecular weight excluding hydrogens is 244 g/mol. The number of likely N-dealkylation sites (N-methyl/N-ethyl adjacent to an activating group) is 1. The molecule has 0 aromatic heterocycles. The monoisotopic (exact) mass is 266 g/mol. The van der Waals surface area contributed by atoms with E-state index in [1.54, 1.807) is 19.0 Å². The van der Waals surface area contributed by atoms with Crippen molar-refractivity contribution in [1.29, 1.82) is 0 Å². The summed E-state index contributed by atoms with van der Waals surface area (Å²) in [5.74, 6) is 0.748. The summed E-state index contributed by atoms with van der Waals surface area (Å²) < 4.78 is 10.8. The van der Waals surface area contributed by atoms with E-state index in [0.29, 0.717) is 19.8 Å². The number of nitrogens with one attached hydrogen (secondary N) is 1. The van der Waals surface area contributed by atoms with Crippen molar-refractivity contribution < 1.29 is 14.3 Å². The van der Waals surface area contributed by atoms with Gasteiger partial charge < -0.3 is 19.7 Å². The van der Waals surface area contributed by atoms with Crippen molar-refractivity contribution >= 4 is 11.6 Å². The third-order valence-corrected chi connectivity index (χ3v) is 2.51. The predicted octanol–water partition coefficient (Wildman–Crippen LogP) is 1.60. The molecule has 0 saturated carbocycles. The van der Waals surface area contributed by atoms with Crippen molar-refractivity contribution in [3.63, 3.8) is 0 Å². The fourth-order valence-electron chi connectivity index (χ4n) is 1.42. The molecule has 5 heteroatoms. The Kier molecular flexibility index (Phi) is 6.74. The van der Waals surface area contributed by atoms with Crippen molar-refractivity contribution in [1.82, 2.24) is 4.90 Å². The number of anilines is 1. The second kappa shape index (κ2) is 8.37. The zero-order chi connectivity index (χ0) is 14.1. The lowest BCUT2D eigenvalue weighted by Crippen LogP contribution is -2.28. The normalized spacial score (nSPS) is 10.1. The number of hydrogen-bond donors (Lipinski definition) is 1. The lowest BCUT2D eigenvalue weighted by Gasteiger charge is -2.15. The molecule has 0 radical (unpaired) electrons. The molecule has 1 aromatic carbocycles. The number of carbonyl (C=O) groups excluding carboxylic acids is 1. The molecule has 0 bridgehead atoms. The minimum Gasteiger partial charge on any atom is -0.489 e. The number of nitrogens with zero attached hydrogens (tertiary/aromatic N) is 1. The Labute approximate surface area is 114 Å². The van der Waals surface area contributed by atoms with E-state index in [0.717, 1.165) is 11.4 Å². The van der Waals surface area contributed by atoms with Gasteiger partial charge in [-0.2, -0.15) is 0 Å². The summed E-state index contributed by atoms with van der Waals surface area (Å²) in [6, 6.07) is 7.56. The van der Waals surface area contributed by atoms with Crippen LogP contribution in [-0.4, -0.2) is 51.3 Å². The van der Waals surface area contributed by atoms with E-state index in [4.69, 9.17) is 9.47 Å². The summed E-state index contributed by atoms with van der Waals surface area (Å²) in [7, 11) is 3.46. The molecule has 0 saturated heterocycles. The minimum atomic E-state index is 0.0177. The molecule has 19 heavy (non-hydrogen) atoms. The average molecular weight is 266 g/mol. The standard InChI is InChI=1S/C14H22N2O3/c1-4-18-9-10-19-13-8-6-5-7-12(13)15-11-14(17)16(2)3/h5-8,15H,4,9-11H2,1-3H3. The van der Waals surface area contributed by atoms with E-state index in [2.05, 4.69) is 5.32 Å². The number of benzene rings is 1. The average Bonchev–Trinajstić information content (AvgIpc) is 2.42. The Hall–Kier alpha value is -1.75. The first-order valence-electron chi connectivity index (χ1n) is 6.38. The first-order chi connectivity index (χ1) is 9.15. The Morgan fingerprint density at radius 1 is 1.26 bits per heavy atom. The summed E-state index contributed by atoms with van der Waals surface area (Å²) >= 11 is 0. The van der Waals surface area contributed by atoms with Crippen LogP contribution in [-0.2, 0) is 9.53 Å². The zero-order valence-electron chi connectivity index (χ0n) is 11.8. The van der Waals surface area contributed by atoms with E-state index in [1.165, 1.54) is 0 Å². The van der Waals surface area contributed by atoms with Crippen molar-refractivity contribution in [2.75, 3.05) is 45.8 Å². The van der Waals surface area contributed by atoms with Crippen LogP contribution in [0.3, 0.4) is 0 Å². The van der Waals surface area contributed by atoms with Crippen LogP contribution in [0.1, 0.15) is 6.92 Å². The van der Waals surface area contributed by atoms with E-state index >= 15 is 0 Å². The number of rotatable bonds is 8.